The van der Waals surface area contributed by atoms with Gasteiger partial charge < -0.3 is 20.4 Å². The Morgan fingerprint density at radius 3 is 2.69 bits per heavy atom. The highest BCUT2D eigenvalue weighted by Crippen LogP contribution is 2.31. The van der Waals surface area contributed by atoms with Crippen LogP contribution >= 0.6 is 0 Å². The van der Waals surface area contributed by atoms with Gasteiger partial charge in [0.1, 0.15) is 24.0 Å². The number of H-pyrrole nitrogens is 1. The number of nitrogens with two attached hydrogens (primary N) is 1. The summed E-state index contributed by atoms with van der Waals surface area (Å²) in [4.78, 5) is 18.6. The zero-order chi connectivity index (χ0) is 20.0. The first-order valence-corrected chi connectivity index (χ1v) is 9.64. The first kappa shape index (κ1) is 17.5. The number of nitrogens with one attached hydrogen (secondary N) is 1. The van der Waals surface area contributed by atoms with Gasteiger partial charge in [-0.2, -0.15) is 4.98 Å². The third kappa shape index (κ3) is 3.35. The average molecular weight is 386 g/mol. The largest absolute Gasteiger partial charge is 0.491 e. The van der Waals surface area contributed by atoms with Crippen molar-refractivity contribution in [2.24, 2.45) is 0 Å². The molecule has 0 amide bonds. The minimum Gasteiger partial charge on any atom is -0.491 e. The van der Waals surface area contributed by atoms with Gasteiger partial charge in [0.2, 0.25) is 5.95 Å². The maximum Gasteiger partial charge on any atom is 0.222 e. The molecule has 0 saturated carbocycles. The highest BCUT2D eigenvalue weighted by atomic mass is 16.5. The summed E-state index contributed by atoms with van der Waals surface area (Å²) < 4.78 is 5.99. The normalized spacial score (nSPS) is 13.8. The van der Waals surface area contributed by atoms with Gasteiger partial charge in [-0.25, -0.2) is 9.97 Å². The average Bonchev–Trinajstić information content (AvgIpc) is 2.92. The van der Waals surface area contributed by atoms with Crippen LogP contribution in [-0.4, -0.2) is 33.1 Å². The lowest BCUT2D eigenvalue weighted by atomic mass is 10.0. The molecule has 29 heavy (non-hydrogen) atoms. The second kappa shape index (κ2) is 6.77. The fourth-order valence-corrected chi connectivity index (χ4v) is 3.82. The molecule has 0 fully saturated rings. The van der Waals surface area contributed by atoms with Crippen molar-refractivity contribution in [1.29, 1.82) is 0 Å². The third-order valence-electron chi connectivity index (χ3n) is 5.16. The Morgan fingerprint density at radius 2 is 1.83 bits per heavy atom. The second-order valence-corrected chi connectivity index (χ2v) is 7.37. The topological polar surface area (TPSA) is 93.0 Å². The van der Waals surface area contributed by atoms with Gasteiger partial charge in [0, 0.05) is 23.9 Å². The van der Waals surface area contributed by atoms with Crippen LogP contribution in [0.5, 0.6) is 5.75 Å². The molecule has 2 aromatic carbocycles. The fraction of sp³-hybridized carbons (Fsp3) is 0.227. The summed E-state index contributed by atoms with van der Waals surface area (Å²) >= 11 is 0. The van der Waals surface area contributed by atoms with E-state index < -0.39 is 0 Å². The number of fused-ring (bicyclic) bond motifs is 2. The number of rotatable bonds is 2. The van der Waals surface area contributed by atoms with Crippen molar-refractivity contribution in [3.63, 3.8) is 0 Å². The molecule has 146 valence electrons. The van der Waals surface area contributed by atoms with Crippen LogP contribution in [0, 0.1) is 13.8 Å². The van der Waals surface area contributed by atoms with Crippen LogP contribution in [0.4, 0.5) is 11.8 Å². The fourth-order valence-electron chi connectivity index (χ4n) is 3.82. The van der Waals surface area contributed by atoms with Gasteiger partial charge in [-0.3, -0.25) is 0 Å². The number of hydrogen-bond acceptors (Lipinski definition) is 6. The molecule has 7 heteroatoms. The molecule has 2 aromatic heterocycles. The summed E-state index contributed by atoms with van der Waals surface area (Å²) in [6.45, 7) is 5.92. The molecule has 4 aromatic rings. The van der Waals surface area contributed by atoms with Crippen LogP contribution < -0.4 is 15.4 Å². The number of imidazole rings is 1. The van der Waals surface area contributed by atoms with E-state index in [1.165, 1.54) is 0 Å². The highest BCUT2D eigenvalue weighted by Gasteiger charge is 2.18. The van der Waals surface area contributed by atoms with Gasteiger partial charge in [-0.05, 0) is 49.2 Å². The lowest BCUT2D eigenvalue weighted by molar-refractivity contribution is 0.331. The molecule has 0 bridgehead atoms. The van der Waals surface area contributed by atoms with Crippen molar-refractivity contribution in [2.75, 3.05) is 23.8 Å². The predicted molar refractivity (Wildman–Crippen MR) is 114 cm³/mol. The SMILES string of the molecule is Cc1cc(N2CCOc3ccc(-c4ccc5nc(C)[nH]c5c4)cc3C2)nc(N)n1. The quantitative estimate of drug-likeness (QED) is 0.547. The molecular weight excluding hydrogens is 364 g/mol. The van der Waals surface area contributed by atoms with E-state index >= 15 is 0 Å². The van der Waals surface area contributed by atoms with Gasteiger partial charge in [0.15, 0.2) is 0 Å². The Balaban J connectivity index is 1.51. The van der Waals surface area contributed by atoms with Gasteiger partial charge in [-0.1, -0.05) is 12.1 Å². The Hall–Kier alpha value is -3.61. The van der Waals surface area contributed by atoms with Gasteiger partial charge >= 0.3 is 0 Å². The lowest BCUT2D eigenvalue weighted by Crippen LogP contribution is -2.26. The molecule has 3 heterocycles. The molecule has 5 rings (SSSR count). The molecule has 0 aliphatic carbocycles. The number of aryl methyl sites for hydroxylation is 2. The molecule has 0 radical (unpaired) electrons. The minimum absolute atomic E-state index is 0.294. The maximum absolute atomic E-state index is 5.99. The predicted octanol–water partition coefficient (Wildman–Crippen LogP) is 3.62. The summed E-state index contributed by atoms with van der Waals surface area (Å²) in [7, 11) is 0. The van der Waals surface area contributed by atoms with Crippen LogP contribution in [0.3, 0.4) is 0 Å². The van der Waals surface area contributed by atoms with Crippen molar-refractivity contribution >= 4 is 22.8 Å². The molecule has 0 spiro atoms. The first-order chi connectivity index (χ1) is 14.0. The van der Waals surface area contributed by atoms with Crippen molar-refractivity contribution in [3.8, 4) is 16.9 Å². The highest BCUT2D eigenvalue weighted by molar-refractivity contribution is 5.82. The molecule has 7 nitrogen and oxygen atoms in total. The van der Waals surface area contributed by atoms with Crippen molar-refractivity contribution in [3.05, 3.63) is 59.5 Å². The summed E-state index contributed by atoms with van der Waals surface area (Å²) in [6, 6.07) is 14.6. The molecule has 3 N–H and O–H groups in total. The number of ether oxygens (including phenoxy) is 1. The molecule has 0 saturated heterocycles. The third-order valence-corrected chi connectivity index (χ3v) is 5.16. The maximum atomic E-state index is 5.99. The Labute approximate surface area is 168 Å². The van der Waals surface area contributed by atoms with Crippen LogP contribution in [-0.2, 0) is 6.54 Å². The van der Waals surface area contributed by atoms with Crippen LogP contribution in [0.1, 0.15) is 17.1 Å². The molecule has 1 aliphatic rings. The van der Waals surface area contributed by atoms with E-state index in [2.05, 4.69) is 61.2 Å². The monoisotopic (exact) mass is 386 g/mol. The zero-order valence-electron chi connectivity index (χ0n) is 16.4. The van der Waals surface area contributed by atoms with E-state index in [1.54, 1.807) is 0 Å². The number of nitrogen functional groups attached to an aromatic ring is 1. The number of hydrogen-bond donors (Lipinski definition) is 2. The molecule has 1 aliphatic heterocycles. The van der Waals surface area contributed by atoms with Gasteiger partial charge in [0.25, 0.3) is 0 Å². The van der Waals surface area contributed by atoms with Crippen molar-refractivity contribution in [2.45, 2.75) is 20.4 Å². The summed E-state index contributed by atoms with van der Waals surface area (Å²) in [6.07, 6.45) is 0. The van der Waals surface area contributed by atoms with Crippen LogP contribution in [0.2, 0.25) is 0 Å². The van der Waals surface area contributed by atoms with Crippen LogP contribution in [0.15, 0.2) is 42.5 Å². The first-order valence-electron chi connectivity index (χ1n) is 9.64. The van der Waals surface area contributed by atoms with E-state index in [4.69, 9.17) is 10.5 Å². The Kier molecular flexibility index (Phi) is 4.08. The number of benzene rings is 2. The van der Waals surface area contributed by atoms with Gasteiger partial charge in [0.05, 0.1) is 17.6 Å². The van der Waals surface area contributed by atoms with Crippen LogP contribution in [0.25, 0.3) is 22.2 Å². The second-order valence-electron chi connectivity index (χ2n) is 7.37. The van der Waals surface area contributed by atoms with E-state index in [0.29, 0.717) is 19.1 Å². The molecule has 0 unspecified atom stereocenters. The minimum atomic E-state index is 0.294. The summed E-state index contributed by atoms with van der Waals surface area (Å²) in [5.74, 6) is 2.95. The summed E-state index contributed by atoms with van der Waals surface area (Å²) in [5.41, 5.74) is 12.1. The van der Waals surface area contributed by atoms with Crippen molar-refractivity contribution in [1.82, 2.24) is 19.9 Å². The standard InChI is InChI=1S/C22H22N6O/c1-13-9-21(27-22(23)24-13)28-7-8-29-20-6-4-15(10-17(20)12-28)16-3-5-18-19(11-16)26-14(2)25-18/h3-6,9-11H,7-8,12H2,1-2H3,(H,25,26)(H2,23,24,27). The Bertz CT molecular complexity index is 1200. The number of anilines is 2. The van der Waals surface area contributed by atoms with Crippen molar-refractivity contribution < 1.29 is 4.74 Å². The molecular formula is C22H22N6O. The Morgan fingerprint density at radius 1 is 1.00 bits per heavy atom. The zero-order valence-corrected chi connectivity index (χ0v) is 16.4. The van der Waals surface area contributed by atoms with E-state index in [9.17, 15) is 0 Å². The van der Waals surface area contributed by atoms with E-state index in [1.807, 2.05) is 19.9 Å². The van der Waals surface area contributed by atoms with Gasteiger partial charge in [-0.15, -0.1) is 0 Å². The number of nitrogens with zero attached hydrogens (tertiary/aromatic N) is 4. The van der Waals surface area contributed by atoms with E-state index in [0.717, 1.165) is 57.4 Å². The lowest BCUT2D eigenvalue weighted by Gasteiger charge is -2.21. The van der Waals surface area contributed by atoms with E-state index in [-0.39, 0.29) is 0 Å². The molecule has 0 atom stereocenters. The number of aromatic amines is 1. The summed E-state index contributed by atoms with van der Waals surface area (Å²) in [5, 5.41) is 0. The number of aromatic nitrogens is 4. The smallest absolute Gasteiger partial charge is 0.222 e.